The molecule has 0 aliphatic rings. The van der Waals surface area contributed by atoms with Crippen LogP contribution in [0.1, 0.15) is 18.5 Å². The van der Waals surface area contributed by atoms with Crippen LogP contribution in [0.25, 0.3) is 0 Å². The SMILES string of the molecule is C[C@H](NC(=O)C(=O)Nc1cc(Cl)cc(Cl)c1)c1ccc(F)cc1. The van der Waals surface area contributed by atoms with E-state index in [2.05, 4.69) is 10.6 Å². The second-order valence-corrected chi connectivity index (χ2v) is 5.73. The predicted octanol–water partition coefficient (Wildman–Crippen LogP) is 3.95. The maximum Gasteiger partial charge on any atom is 0.313 e. The zero-order valence-corrected chi connectivity index (χ0v) is 13.6. The zero-order valence-electron chi connectivity index (χ0n) is 12.1. The summed E-state index contributed by atoms with van der Waals surface area (Å²) in [6.07, 6.45) is 0. The fourth-order valence-corrected chi connectivity index (χ4v) is 2.44. The van der Waals surface area contributed by atoms with Crippen LogP contribution in [0.3, 0.4) is 0 Å². The highest BCUT2D eigenvalue weighted by Crippen LogP contribution is 2.22. The number of halogens is 3. The zero-order chi connectivity index (χ0) is 17.0. The van der Waals surface area contributed by atoms with Crippen LogP contribution in [0, 0.1) is 5.82 Å². The smallest absolute Gasteiger partial charge is 0.313 e. The van der Waals surface area contributed by atoms with Gasteiger partial charge < -0.3 is 10.6 Å². The third-order valence-corrected chi connectivity index (χ3v) is 3.48. The lowest BCUT2D eigenvalue weighted by Gasteiger charge is -2.14. The van der Waals surface area contributed by atoms with Crippen molar-refractivity contribution in [2.24, 2.45) is 0 Å². The Morgan fingerprint density at radius 3 is 2.13 bits per heavy atom. The van der Waals surface area contributed by atoms with E-state index in [1.54, 1.807) is 6.92 Å². The lowest BCUT2D eigenvalue weighted by Crippen LogP contribution is -2.36. The van der Waals surface area contributed by atoms with Crippen LogP contribution >= 0.6 is 23.2 Å². The fourth-order valence-electron chi connectivity index (χ4n) is 1.91. The maximum atomic E-state index is 12.9. The molecule has 2 aromatic rings. The summed E-state index contributed by atoms with van der Waals surface area (Å²) in [5, 5.41) is 5.62. The van der Waals surface area contributed by atoms with E-state index in [1.807, 2.05) is 0 Å². The molecule has 2 aromatic carbocycles. The van der Waals surface area contributed by atoms with Gasteiger partial charge in [0.25, 0.3) is 0 Å². The van der Waals surface area contributed by atoms with Crippen molar-refractivity contribution < 1.29 is 14.0 Å². The number of nitrogens with one attached hydrogen (secondary N) is 2. The van der Waals surface area contributed by atoms with Crippen LogP contribution in [-0.2, 0) is 9.59 Å². The first-order valence-electron chi connectivity index (χ1n) is 6.68. The summed E-state index contributed by atoms with van der Waals surface area (Å²) in [7, 11) is 0. The molecule has 0 fully saturated rings. The van der Waals surface area contributed by atoms with E-state index in [-0.39, 0.29) is 5.82 Å². The molecule has 0 saturated heterocycles. The molecule has 0 aliphatic carbocycles. The second-order valence-electron chi connectivity index (χ2n) is 4.86. The van der Waals surface area contributed by atoms with Crippen LogP contribution < -0.4 is 10.6 Å². The molecule has 0 spiro atoms. The molecule has 0 bridgehead atoms. The number of rotatable bonds is 3. The average Bonchev–Trinajstić information content (AvgIpc) is 2.46. The van der Waals surface area contributed by atoms with Gasteiger partial charge in [0, 0.05) is 15.7 Å². The van der Waals surface area contributed by atoms with E-state index >= 15 is 0 Å². The minimum Gasteiger partial charge on any atom is -0.341 e. The van der Waals surface area contributed by atoms with Crippen molar-refractivity contribution in [2.75, 3.05) is 5.32 Å². The highest BCUT2D eigenvalue weighted by Gasteiger charge is 2.17. The van der Waals surface area contributed by atoms with Gasteiger partial charge in [-0.3, -0.25) is 9.59 Å². The van der Waals surface area contributed by atoms with Gasteiger partial charge in [0.2, 0.25) is 0 Å². The van der Waals surface area contributed by atoms with E-state index in [0.29, 0.717) is 21.3 Å². The Labute approximate surface area is 142 Å². The number of carbonyl (C=O) groups is 2. The first-order valence-corrected chi connectivity index (χ1v) is 7.44. The van der Waals surface area contributed by atoms with Crippen LogP contribution in [0.2, 0.25) is 10.0 Å². The van der Waals surface area contributed by atoms with Crippen molar-refractivity contribution in [3.05, 3.63) is 63.9 Å². The third kappa shape index (κ3) is 4.94. The molecule has 4 nitrogen and oxygen atoms in total. The Hall–Kier alpha value is -2.11. The molecule has 23 heavy (non-hydrogen) atoms. The summed E-state index contributed by atoms with van der Waals surface area (Å²) in [5.41, 5.74) is 0.996. The summed E-state index contributed by atoms with van der Waals surface area (Å²) in [6.45, 7) is 1.69. The summed E-state index contributed by atoms with van der Waals surface area (Å²) < 4.78 is 12.9. The Morgan fingerprint density at radius 2 is 1.57 bits per heavy atom. The van der Waals surface area contributed by atoms with Gasteiger partial charge in [0.1, 0.15) is 5.82 Å². The van der Waals surface area contributed by atoms with Gasteiger partial charge in [0.15, 0.2) is 0 Å². The highest BCUT2D eigenvalue weighted by molar-refractivity contribution is 6.40. The molecular weight excluding hydrogens is 342 g/mol. The fraction of sp³-hybridized carbons (Fsp3) is 0.125. The monoisotopic (exact) mass is 354 g/mol. The minimum atomic E-state index is -0.850. The van der Waals surface area contributed by atoms with E-state index in [4.69, 9.17) is 23.2 Å². The molecule has 0 aromatic heterocycles. The number of amides is 2. The van der Waals surface area contributed by atoms with Crippen LogP contribution in [0.5, 0.6) is 0 Å². The van der Waals surface area contributed by atoms with Crippen LogP contribution in [0.4, 0.5) is 10.1 Å². The molecule has 0 heterocycles. The van der Waals surface area contributed by atoms with Gasteiger partial charge in [0.05, 0.1) is 6.04 Å². The molecule has 120 valence electrons. The molecule has 2 rings (SSSR count). The van der Waals surface area contributed by atoms with E-state index in [1.165, 1.54) is 42.5 Å². The first kappa shape index (κ1) is 17.2. The van der Waals surface area contributed by atoms with Crippen molar-refractivity contribution in [2.45, 2.75) is 13.0 Å². The molecule has 7 heteroatoms. The predicted molar refractivity (Wildman–Crippen MR) is 88.0 cm³/mol. The highest BCUT2D eigenvalue weighted by atomic mass is 35.5. The van der Waals surface area contributed by atoms with Crippen molar-refractivity contribution >= 4 is 40.7 Å². The number of hydrogen-bond acceptors (Lipinski definition) is 2. The Bertz CT molecular complexity index is 715. The summed E-state index contributed by atoms with van der Waals surface area (Å²) >= 11 is 11.6. The van der Waals surface area contributed by atoms with Gasteiger partial charge in [-0.15, -0.1) is 0 Å². The lowest BCUT2D eigenvalue weighted by atomic mass is 10.1. The number of carbonyl (C=O) groups excluding carboxylic acids is 2. The standard InChI is InChI=1S/C16H13Cl2FN2O2/c1-9(10-2-4-13(19)5-3-10)20-15(22)16(23)21-14-7-11(17)6-12(18)8-14/h2-9H,1H3,(H,20,22)(H,21,23)/t9-/m0/s1. The first-order chi connectivity index (χ1) is 10.8. The van der Waals surface area contributed by atoms with E-state index in [0.717, 1.165) is 0 Å². The van der Waals surface area contributed by atoms with Crippen LogP contribution in [-0.4, -0.2) is 11.8 Å². The van der Waals surface area contributed by atoms with Gasteiger partial charge in [-0.1, -0.05) is 35.3 Å². The molecule has 2 amide bonds. The Kier molecular flexibility index (Phi) is 5.58. The van der Waals surface area contributed by atoms with Gasteiger partial charge in [-0.05, 0) is 42.8 Å². The Morgan fingerprint density at radius 1 is 1.00 bits per heavy atom. The number of anilines is 1. The average molecular weight is 355 g/mol. The summed E-state index contributed by atoms with van der Waals surface area (Å²) in [4.78, 5) is 23.8. The molecule has 0 radical (unpaired) electrons. The quantitative estimate of drug-likeness (QED) is 0.820. The molecule has 0 unspecified atom stereocenters. The number of hydrogen-bond donors (Lipinski definition) is 2. The van der Waals surface area contributed by atoms with Crippen molar-refractivity contribution in [1.82, 2.24) is 5.32 Å². The van der Waals surface area contributed by atoms with Gasteiger partial charge >= 0.3 is 11.8 Å². The third-order valence-electron chi connectivity index (χ3n) is 3.04. The van der Waals surface area contributed by atoms with Crippen molar-refractivity contribution in [3.8, 4) is 0 Å². The van der Waals surface area contributed by atoms with E-state index in [9.17, 15) is 14.0 Å². The summed E-state index contributed by atoms with van der Waals surface area (Å²) in [6, 6.07) is 9.65. The van der Waals surface area contributed by atoms with Gasteiger partial charge in [-0.2, -0.15) is 0 Å². The maximum absolute atomic E-state index is 12.9. The minimum absolute atomic E-state index is 0.317. The molecule has 0 saturated carbocycles. The van der Waals surface area contributed by atoms with Crippen LogP contribution in [0.15, 0.2) is 42.5 Å². The Balaban J connectivity index is 1.99. The molecule has 0 aliphatic heterocycles. The normalized spacial score (nSPS) is 11.7. The largest absolute Gasteiger partial charge is 0.341 e. The van der Waals surface area contributed by atoms with E-state index < -0.39 is 17.9 Å². The topological polar surface area (TPSA) is 58.2 Å². The van der Waals surface area contributed by atoms with Crippen molar-refractivity contribution in [3.63, 3.8) is 0 Å². The van der Waals surface area contributed by atoms with Gasteiger partial charge in [-0.25, -0.2) is 4.39 Å². The molecular formula is C16H13Cl2FN2O2. The van der Waals surface area contributed by atoms with Crippen molar-refractivity contribution in [1.29, 1.82) is 0 Å². The lowest BCUT2D eigenvalue weighted by molar-refractivity contribution is -0.136. The molecule has 1 atom stereocenters. The second kappa shape index (κ2) is 7.44. The molecule has 2 N–H and O–H groups in total. The number of benzene rings is 2. The summed E-state index contributed by atoms with van der Waals surface area (Å²) in [5.74, 6) is -2.04.